The van der Waals surface area contributed by atoms with Gasteiger partial charge in [0.2, 0.25) is 0 Å². The van der Waals surface area contributed by atoms with Crippen LogP contribution in [0.2, 0.25) is 0 Å². The Balaban J connectivity index is 1.11. The van der Waals surface area contributed by atoms with E-state index in [4.69, 9.17) is 0 Å². The summed E-state index contributed by atoms with van der Waals surface area (Å²) in [5.74, 6) is 6.30. The fourth-order valence-electron chi connectivity index (χ4n) is 12.5. The molecule has 2 aromatic rings. The summed E-state index contributed by atoms with van der Waals surface area (Å²) in [6, 6.07) is 23.8. The summed E-state index contributed by atoms with van der Waals surface area (Å²) in [7, 11) is 0. The molecule has 0 aliphatic heterocycles. The highest BCUT2D eigenvalue weighted by Gasteiger charge is 2.61. The summed E-state index contributed by atoms with van der Waals surface area (Å²) in [4.78, 5) is 0. The van der Waals surface area contributed by atoms with Gasteiger partial charge in [-0.05, 0) is 137 Å². The van der Waals surface area contributed by atoms with Crippen LogP contribution in [0.25, 0.3) is 0 Å². The predicted molar refractivity (Wildman–Crippen MR) is 231 cm³/mol. The van der Waals surface area contributed by atoms with Gasteiger partial charge in [0.05, 0.1) is 0 Å². The van der Waals surface area contributed by atoms with Gasteiger partial charge in [-0.1, -0.05) is 188 Å². The van der Waals surface area contributed by atoms with E-state index >= 15 is 0 Å². The van der Waals surface area contributed by atoms with Crippen molar-refractivity contribution in [3.63, 3.8) is 0 Å². The molecule has 0 amide bonds. The van der Waals surface area contributed by atoms with Gasteiger partial charge in [-0.15, -0.1) is 0 Å². The molecule has 8 rings (SSSR count). The van der Waals surface area contributed by atoms with Crippen molar-refractivity contribution in [1.82, 2.24) is 0 Å². The first kappa shape index (κ1) is 37.5. The Hall–Kier alpha value is -3.38. The predicted octanol–water partition coefficient (Wildman–Crippen LogP) is 14.5. The molecule has 0 heteroatoms. The molecule has 9 unspecified atom stereocenters. The van der Waals surface area contributed by atoms with E-state index in [-0.39, 0.29) is 16.2 Å². The van der Waals surface area contributed by atoms with Crippen LogP contribution in [0.4, 0.5) is 0 Å². The zero-order valence-corrected chi connectivity index (χ0v) is 34.3. The lowest BCUT2D eigenvalue weighted by Gasteiger charge is -2.50. The van der Waals surface area contributed by atoms with Gasteiger partial charge in [-0.2, -0.15) is 0 Å². The van der Waals surface area contributed by atoms with Crippen LogP contribution < -0.4 is 0 Å². The second-order valence-electron chi connectivity index (χ2n) is 20.3. The molecule has 6 aliphatic rings. The maximum Gasteiger partial charge on any atom is 0.0270 e. The second-order valence-corrected chi connectivity index (χ2v) is 20.3. The van der Waals surface area contributed by atoms with Crippen LogP contribution in [0.1, 0.15) is 110 Å². The minimum absolute atomic E-state index is 0.0727. The number of hydrogen-bond acceptors (Lipinski definition) is 0. The summed E-state index contributed by atoms with van der Waals surface area (Å²) >= 11 is 0. The van der Waals surface area contributed by atoms with Crippen molar-refractivity contribution in [3.05, 3.63) is 156 Å². The van der Waals surface area contributed by atoms with Crippen LogP contribution in [0, 0.1) is 70.0 Å². The fraction of sp³-hybridized carbons (Fsp3) is 0.519. The third-order valence-electron chi connectivity index (χ3n) is 15.1. The molecule has 9 atom stereocenters. The first-order valence-corrected chi connectivity index (χ1v) is 22.0. The minimum atomic E-state index is -0.0727. The standard InChI is InChI=1S/C54H68/c1-52(2,3)43-31-33-47-48-34-32-44(53(4,5)6)37-50(48)51(49(47)36-43)54(41-22-13-9-14-23-41,42-24-15-10-16-25-42)45-30-27-38(35-45)19-11-7-8-12-20-39-28-29-40-21-17-18-26-46(39)40/h8-10,12-18,21-26,31-34,36-40,45-51H,7,11,19-20,27-30,35H2,1-6H3. The number of unbranched alkanes of at least 4 members (excludes halogenated alkanes) is 1. The maximum atomic E-state index is 2.78. The van der Waals surface area contributed by atoms with E-state index in [1.165, 1.54) is 68.9 Å². The Morgan fingerprint density at radius 3 is 1.78 bits per heavy atom. The first-order chi connectivity index (χ1) is 26.0. The first-order valence-electron chi connectivity index (χ1n) is 22.0. The maximum absolute atomic E-state index is 2.78. The quantitative estimate of drug-likeness (QED) is 0.170. The number of benzene rings is 2. The molecule has 0 heterocycles. The normalized spacial score (nSPS) is 33.1. The second kappa shape index (κ2) is 15.3. The lowest BCUT2D eigenvalue weighted by Crippen LogP contribution is -2.47. The molecule has 0 N–H and O–H groups in total. The van der Waals surface area contributed by atoms with E-state index in [0.717, 1.165) is 23.7 Å². The van der Waals surface area contributed by atoms with Crippen molar-refractivity contribution in [3.8, 4) is 0 Å². The van der Waals surface area contributed by atoms with Gasteiger partial charge in [-0.3, -0.25) is 0 Å². The van der Waals surface area contributed by atoms with E-state index in [1.807, 2.05) is 0 Å². The fourth-order valence-corrected chi connectivity index (χ4v) is 12.5. The average Bonchev–Trinajstić information content (AvgIpc) is 3.90. The Labute approximate surface area is 329 Å². The summed E-state index contributed by atoms with van der Waals surface area (Å²) in [6.45, 7) is 14.5. The highest BCUT2D eigenvalue weighted by atomic mass is 14.6. The summed E-state index contributed by atoms with van der Waals surface area (Å²) in [5, 5.41) is 0. The van der Waals surface area contributed by atoms with Crippen molar-refractivity contribution in [2.24, 2.45) is 70.0 Å². The lowest BCUT2D eigenvalue weighted by molar-refractivity contribution is 0.153. The van der Waals surface area contributed by atoms with Gasteiger partial charge >= 0.3 is 0 Å². The monoisotopic (exact) mass is 717 g/mol. The number of hydrogen-bond donors (Lipinski definition) is 0. The molecule has 2 aromatic carbocycles. The summed E-state index contributed by atoms with van der Waals surface area (Å²) in [5.41, 5.74) is 6.31. The highest BCUT2D eigenvalue weighted by molar-refractivity contribution is 5.48. The van der Waals surface area contributed by atoms with Crippen LogP contribution in [0.3, 0.4) is 0 Å². The van der Waals surface area contributed by atoms with Crippen LogP contribution in [-0.2, 0) is 5.41 Å². The molecular formula is C54H68. The van der Waals surface area contributed by atoms with E-state index in [0.29, 0.717) is 35.5 Å². The Morgan fingerprint density at radius 1 is 0.593 bits per heavy atom. The lowest BCUT2D eigenvalue weighted by atomic mass is 9.52. The molecule has 0 bridgehead atoms. The van der Waals surface area contributed by atoms with Gasteiger partial charge in [-0.25, -0.2) is 0 Å². The molecule has 54 heavy (non-hydrogen) atoms. The molecule has 6 aliphatic carbocycles. The number of allylic oxidation sites excluding steroid dienone is 14. The highest BCUT2D eigenvalue weighted by Crippen LogP contribution is 2.65. The molecule has 3 fully saturated rings. The summed E-state index contributed by atoms with van der Waals surface area (Å²) in [6.07, 6.45) is 42.3. The topological polar surface area (TPSA) is 0 Å². The Bertz CT molecular complexity index is 1720. The van der Waals surface area contributed by atoms with Gasteiger partial charge in [0.25, 0.3) is 0 Å². The van der Waals surface area contributed by atoms with Crippen LogP contribution in [0.15, 0.2) is 145 Å². The zero-order valence-electron chi connectivity index (χ0n) is 34.3. The largest absolute Gasteiger partial charge is 0.0885 e. The van der Waals surface area contributed by atoms with E-state index in [1.54, 1.807) is 11.1 Å². The van der Waals surface area contributed by atoms with Gasteiger partial charge in [0, 0.05) is 5.41 Å². The van der Waals surface area contributed by atoms with Crippen LogP contribution in [-0.4, -0.2) is 0 Å². The third-order valence-corrected chi connectivity index (χ3v) is 15.1. The summed E-state index contributed by atoms with van der Waals surface area (Å²) < 4.78 is 0. The Morgan fingerprint density at radius 2 is 1.19 bits per heavy atom. The zero-order chi connectivity index (χ0) is 37.5. The minimum Gasteiger partial charge on any atom is -0.0885 e. The number of rotatable bonds is 10. The van der Waals surface area contributed by atoms with Crippen LogP contribution in [0.5, 0.6) is 0 Å². The third kappa shape index (κ3) is 7.10. The van der Waals surface area contributed by atoms with E-state index < -0.39 is 0 Å². The SMILES string of the molecule is CC(C)(C)C1=CC2C(C=C1)C1C=CC(C(C)(C)C)=CC1C2C(c1ccccc1)(c1ccccc1)C1CCC(CCCC=CCC2CCC3C=CC=CC32)C1. The molecular weight excluding hydrogens is 649 g/mol. The van der Waals surface area contributed by atoms with Gasteiger partial charge in [0.15, 0.2) is 0 Å². The van der Waals surface area contributed by atoms with E-state index in [2.05, 4.69) is 175 Å². The van der Waals surface area contributed by atoms with Crippen molar-refractivity contribution in [2.45, 2.75) is 105 Å². The van der Waals surface area contributed by atoms with E-state index in [9.17, 15) is 0 Å². The van der Waals surface area contributed by atoms with Crippen LogP contribution >= 0.6 is 0 Å². The molecule has 0 nitrogen and oxygen atoms in total. The molecule has 284 valence electrons. The van der Waals surface area contributed by atoms with Crippen molar-refractivity contribution in [1.29, 1.82) is 0 Å². The molecule has 0 saturated heterocycles. The molecule has 0 aromatic heterocycles. The smallest absolute Gasteiger partial charge is 0.0270 e. The molecule has 0 radical (unpaired) electrons. The molecule has 3 saturated carbocycles. The Kier molecular flexibility index (Phi) is 10.6. The number of fused-ring (bicyclic) bond motifs is 4. The van der Waals surface area contributed by atoms with Crippen molar-refractivity contribution < 1.29 is 0 Å². The van der Waals surface area contributed by atoms with Crippen molar-refractivity contribution >= 4 is 0 Å². The van der Waals surface area contributed by atoms with Crippen molar-refractivity contribution in [2.75, 3.05) is 0 Å². The van der Waals surface area contributed by atoms with Gasteiger partial charge in [0.1, 0.15) is 0 Å². The molecule has 0 spiro atoms. The van der Waals surface area contributed by atoms with Gasteiger partial charge < -0.3 is 0 Å². The average molecular weight is 717 g/mol.